The molecule has 0 fully saturated rings. The van der Waals surface area contributed by atoms with Crippen LogP contribution in [0.15, 0.2) is 30.3 Å². The molecule has 0 aliphatic rings. The van der Waals surface area contributed by atoms with E-state index in [1.165, 1.54) is 18.4 Å². The number of hydrogen-bond acceptors (Lipinski definition) is 5. The molecule has 0 spiro atoms. The number of rotatable bonds is 6. The van der Waals surface area contributed by atoms with Gasteiger partial charge in [0.25, 0.3) is 5.91 Å². The minimum Gasteiger partial charge on any atom is -0.504 e. The van der Waals surface area contributed by atoms with Crippen molar-refractivity contribution in [2.24, 2.45) is 0 Å². The molecule has 7 heteroatoms. The van der Waals surface area contributed by atoms with Gasteiger partial charge in [-0.15, -0.1) is 23.7 Å². The average Bonchev–Trinajstić information content (AvgIpc) is 2.97. The minimum atomic E-state index is -0.0659. The van der Waals surface area contributed by atoms with E-state index in [1.54, 1.807) is 18.2 Å². The molecule has 0 atom stereocenters. The average molecular weight is 357 g/mol. The molecule has 2 aromatic rings. The Morgan fingerprint density at radius 1 is 1.30 bits per heavy atom. The van der Waals surface area contributed by atoms with E-state index in [0.717, 1.165) is 17.0 Å². The van der Waals surface area contributed by atoms with Crippen LogP contribution in [-0.4, -0.2) is 50.2 Å². The largest absolute Gasteiger partial charge is 0.504 e. The number of benzene rings is 1. The Hall–Kier alpha value is -1.76. The molecule has 0 aliphatic heterocycles. The van der Waals surface area contributed by atoms with Crippen molar-refractivity contribution < 1.29 is 14.6 Å². The number of amides is 1. The van der Waals surface area contributed by atoms with Crippen molar-refractivity contribution in [2.45, 2.75) is 0 Å². The lowest BCUT2D eigenvalue weighted by atomic mass is 10.1. The third-order valence-corrected chi connectivity index (χ3v) is 4.27. The second-order valence-electron chi connectivity index (χ2n) is 5.11. The number of methoxy groups -OCH3 is 1. The summed E-state index contributed by atoms with van der Waals surface area (Å²) in [6, 6.07) is 8.86. The Balaban J connectivity index is 0.00000264. The van der Waals surface area contributed by atoms with Gasteiger partial charge in [0.05, 0.1) is 12.0 Å². The van der Waals surface area contributed by atoms with Crippen molar-refractivity contribution >= 4 is 29.7 Å². The predicted octanol–water partition coefficient (Wildman–Crippen LogP) is 2.84. The molecule has 2 N–H and O–H groups in total. The van der Waals surface area contributed by atoms with Gasteiger partial charge in [-0.3, -0.25) is 4.79 Å². The van der Waals surface area contributed by atoms with Gasteiger partial charge in [0.1, 0.15) is 0 Å². The molecule has 126 valence electrons. The van der Waals surface area contributed by atoms with Crippen LogP contribution >= 0.6 is 23.7 Å². The number of halogens is 1. The van der Waals surface area contributed by atoms with Crippen LogP contribution in [0.3, 0.4) is 0 Å². The van der Waals surface area contributed by atoms with Crippen LogP contribution in [0.1, 0.15) is 9.67 Å². The van der Waals surface area contributed by atoms with Crippen molar-refractivity contribution in [3.63, 3.8) is 0 Å². The molecule has 0 bridgehead atoms. The molecular weight excluding hydrogens is 336 g/mol. The van der Waals surface area contributed by atoms with Gasteiger partial charge in [-0.25, -0.2) is 0 Å². The van der Waals surface area contributed by atoms with E-state index in [9.17, 15) is 9.90 Å². The van der Waals surface area contributed by atoms with Crippen LogP contribution in [-0.2, 0) is 0 Å². The zero-order chi connectivity index (χ0) is 16.1. The lowest BCUT2D eigenvalue weighted by Crippen LogP contribution is -2.30. The molecule has 0 radical (unpaired) electrons. The van der Waals surface area contributed by atoms with Crippen LogP contribution in [0, 0.1) is 0 Å². The molecular formula is C16H21ClN2O3S. The maximum atomic E-state index is 12.1. The Kier molecular flexibility index (Phi) is 7.35. The summed E-state index contributed by atoms with van der Waals surface area (Å²) in [7, 11) is 5.44. The highest BCUT2D eigenvalue weighted by Crippen LogP contribution is 2.34. The molecule has 5 nitrogen and oxygen atoms in total. The second kappa shape index (κ2) is 8.76. The zero-order valence-electron chi connectivity index (χ0n) is 13.3. The molecule has 1 aromatic heterocycles. The van der Waals surface area contributed by atoms with Gasteiger partial charge in [-0.1, -0.05) is 0 Å². The summed E-state index contributed by atoms with van der Waals surface area (Å²) < 4.78 is 5.11. The Morgan fingerprint density at radius 2 is 2.04 bits per heavy atom. The molecule has 2 rings (SSSR count). The topological polar surface area (TPSA) is 61.8 Å². The summed E-state index contributed by atoms with van der Waals surface area (Å²) in [6.45, 7) is 1.42. The highest BCUT2D eigenvalue weighted by molar-refractivity contribution is 7.17. The second-order valence-corrected chi connectivity index (χ2v) is 6.19. The van der Waals surface area contributed by atoms with E-state index in [0.29, 0.717) is 17.2 Å². The standard InChI is InChI=1S/C16H20N2O3S.ClH/c1-18(2)9-8-17-16(20)15-7-6-14(22-15)11-4-5-12(19)13(10-11)21-3;/h4-7,10,19H,8-9H2,1-3H3,(H,17,20);1H. The summed E-state index contributed by atoms with van der Waals surface area (Å²) in [5.41, 5.74) is 0.909. The highest BCUT2D eigenvalue weighted by atomic mass is 35.5. The van der Waals surface area contributed by atoms with Gasteiger partial charge in [0, 0.05) is 18.0 Å². The van der Waals surface area contributed by atoms with Crippen molar-refractivity contribution in [1.29, 1.82) is 0 Å². The third-order valence-electron chi connectivity index (χ3n) is 3.14. The van der Waals surface area contributed by atoms with Gasteiger partial charge < -0.3 is 20.1 Å². The van der Waals surface area contributed by atoms with Crippen LogP contribution < -0.4 is 10.1 Å². The highest BCUT2D eigenvalue weighted by Gasteiger charge is 2.11. The lowest BCUT2D eigenvalue weighted by Gasteiger charge is -2.09. The van der Waals surface area contributed by atoms with Crippen molar-refractivity contribution in [1.82, 2.24) is 10.2 Å². The number of phenolic OH excluding ortho intramolecular Hbond substituents is 1. The number of thiophene rings is 1. The summed E-state index contributed by atoms with van der Waals surface area (Å²) >= 11 is 1.42. The van der Waals surface area contributed by atoms with E-state index >= 15 is 0 Å². The predicted molar refractivity (Wildman–Crippen MR) is 96.1 cm³/mol. The molecule has 0 aliphatic carbocycles. The van der Waals surface area contributed by atoms with Gasteiger partial charge in [0.2, 0.25) is 0 Å². The van der Waals surface area contributed by atoms with Crippen LogP contribution in [0.2, 0.25) is 0 Å². The molecule has 1 amide bonds. The van der Waals surface area contributed by atoms with Gasteiger partial charge >= 0.3 is 0 Å². The SMILES string of the molecule is COc1cc(-c2ccc(C(=O)NCCN(C)C)s2)ccc1O.Cl. The first kappa shape index (κ1) is 19.3. The fraction of sp³-hybridized carbons (Fsp3) is 0.312. The van der Waals surface area contributed by atoms with Gasteiger partial charge in [-0.2, -0.15) is 0 Å². The monoisotopic (exact) mass is 356 g/mol. The molecule has 0 unspecified atom stereocenters. The van der Waals surface area contributed by atoms with E-state index in [2.05, 4.69) is 5.32 Å². The van der Waals surface area contributed by atoms with Crippen molar-refractivity contribution in [3.05, 3.63) is 35.2 Å². The number of nitrogens with zero attached hydrogens (tertiary/aromatic N) is 1. The zero-order valence-corrected chi connectivity index (χ0v) is 15.0. The first-order valence-corrected chi connectivity index (χ1v) is 7.73. The maximum absolute atomic E-state index is 12.1. The van der Waals surface area contributed by atoms with E-state index < -0.39 is 0 Å². The van der Waals surface area contributed by atoms with Gasteiger partial charge in [0.15, 0.2) is 11.5 Å². The summed E-state index contributed by atoms with van der Waals surface area (Å²) in [6.07, 6.45) is 0. The lowest BCUT2D eigenvalue weighted by molar-refractivity contribution is 0.0955. The number of ether oxygens (including phenoxy) is 1. The normalized spacial score (nSPS) is 10.3. The van der Waals surface area contributed by atoms with Crippen LogP contribution in [0.4, 0.5) is 0 Å². The smallest absolute Gasteiger partial charge is 0.261 e. The quantitative estimate of drug-likeness (QED) is 0.835. The van der Waals surface area contributed by atoms with E-state index in [1.807, 2.05) is 31.1 Å². The number of carbonyl (C=O) groups is 1. The van der Waals surface area contributed by atoms with E-state index in [-0.39, 0.29) is 24.1 Å². The summed E-state index contributed by atoms with van der Waals surface area (Å²) in [5.74, 6) is 0.455. The number of likely N-dealkylation sites (N-methyl/N-ethyl adjacent to an activating group) is 1. The number of carbonyl (C=O) groups excluding carboxylic acids is 1. The molecule has 1 aromatic carbocycles. The first-order chi connectivity index (χ1) is 10.5. The minimum absolute atomic E-state index is 0. The Morgan fingerprint density at radius 3 is 2.70 bits per heavy atom. The number of hydrogen-bond donors (Lipinski definition) is 2. The molecule has 0 saturated carbocycles. The summed E-state index contributed by atoms with van der Waals surface area (Å²) in [5, 5.41) is 12.5. The number of aromatic hydroxyl groups is 1. The third kappa shape index (κ3) is 5.13. The Bertz CT molecular complexity index is 659. The maximum Gasteiger partial charge on any atom is 0.261 e. The van der Waals surface area contributed by atoms with Crippen LogP contribution in [0.5, 0.6) is 11.5 Å². The molecule has 23 heavy (non-hydrogen) atoms. The van der Waals surface area contributed by atoms with Crippen LogP contribution in [0.25, 0.3) is 10.4 Å². The number of nitrogens with one attached hydrogen (secondary N) is 1. The van der Waals surface area contributed by atoms with Gasteiger partial charge in [-0.05, 0) is 50.0 Å². The van der Waals surface area contributed by atoms with Crippen molar-refractivity contribution in [2.75, 3.05) is 34.3 Å². The Labute approximate surface area is 146 Å². The fourth-order valence-electron chi connectivity index (χ4n) is 1.93. The van der Waals surface area contributed by atoms with Crippen molar-refractivity contribution in [3.8, 4) is 21.9 Å². The molecule has 0 saturated heterocycles. The van der Waals surface area contributed by atoms with E-state index in [4.69, 9.17) is 4.74 Å². The number of phenols is 1. The first-order valence-electron chi connectivity index (χ1n) is 6.91. The summed E-state index contributed by atoms with van der Waals surface area (Å²) in [4.78, 5) is 15.7. The fourth-order valence-corrected chi connectivity index (χ4v) is 2.84. The molecule has 1 heterocycles.